The number of hydrogen-bond acceptors (Lipinski definition) is 7. The Morgan fingerprint density at radius 3 is 2.38 bits per heavy atom. The summed E-state index contributed by atoms with van der Waals surface area (Å²) in [5.41, 5.74) is 2.88. The van der Waals surface area contributed by atoms with Gasteiger partial charge in [0, 0.05) is 29.8 Å². The number of aromatic nitrogens is 1. The van der Waals surface area contributed by atoms with Crippen molar-refractivity contribution >= 4 is 22.6 Å². The minimum Gasteiger partial charge on any atom is -0.497 e. The Morgan fingerprint density at radius 1 is 1.00 bits per heavy atom. The van der Waals surface area contributed by atoms with Gasteiger partial charge in [-0.3, -0.25) is 0 Å². The van der Waals surface area contributed by atoms with Crippen LogP contribution >= 0.6 is 0 Å². The highest BCUT2D eigenvalue weighted by Crippen LogP contribution is 2.40. The first-order chi connectivity index (χ1) is 15.6. The number of aromatic amines is 1. The summed E-state index contributed by atoms with van der Waals surface area (Å²) in [6.45, 7) is 0.896. The molecule has 32 heavy (non-hydrogen) atoms. The van der Waals surface area contributed by atoms with Crippen molar-refractivity contribution in [1.82, 2.24) is 4.98 Å². The third kappa shape index (κ3) is 5.14. The zero-order chi connectivity index (χ0) is 22.9. The number of H-pyrrole nitrogens is 1. The van der Waals surface area contributed by atoms with E-state index in [0.717, 1.165) is 22.0 Å². The average molecular weight is 438 g/mol. The van der Waals surface area contributed by atoms with Gasteiger partial charge in [0.25, 0.3) is 0 Å². The molecule has 8 nitrogen and oxygen atoms in total. The summed E-state index contributed by atoms with van der Waals surface area (Å²) in [5.74, 6) is 2.06. The lowest BCUT2D eigenvalue weighted by Gasteiger charge is -2.15. The molecule has 0 amide bonds. The predicted octanol–water partition coefficient (Wildman–Crippen LogP) is 4.26. The first kappa shape index (κ1) is 23.0. The van der Waals surface area contributed by atoms with E-state index in [1.54, 1.807) is 32.4 Å². The lowest BCUT2D eigenvalue weighted by atomic mass is 10.0. The minimum atomic E-state index is 0.0197. The maximum absolute atomic E-state index is 9.86. The smallest absolute Gasteiger partial charge is 0.206 e. The molecule has 0 aliphatic carbocycles. The van der Waals surface area contributed by atoms with Crippen LogP contribution < -0.4 is 18.9 Å². The Bertz CT molecular complexity index is 1100. The molecule has 0 fully saturated rings. The first-order valence-corrected chi connectivity index (χ1v) is 9.88. The average Bonchev–Trinajstić information content (AvgIpc) is 3.25. The zero-order valence-corrected chi connectivity index (χ0v) is 18.6. The number of nitriles is 1. The SMILES string of the molecule is COCCOCOc1c(OC)cc(C=C(C#N)c2c[nH]c3ccc(OC)cc23)cc1OC. The molecule has 8 heteroatoms. The van der Waals surface area contributed by atoms with E-state index in [0.29, 0.717) is 41.8 Å². The van der Waals surface area contributed by atoms with Crippen LogP contribution in [0.1, 0.15) is 11.1 Å². The number of methoxy groups -OCH3 is 4. The fourth-order valence-corrected chi connectivity index (χ4v) is 3.21. The van der Waals surface area contributed by atoms with Crippen molar-refractivity contribution in [3.63, 3.8) is 0 Å². The Labute approximate surface area is 186 Å². The van der Waals surface area contributed by atoms with Gasteiger partial charge in [-0.15, -0.1) is 0 Å². The molecule has 0 aliphatic heterocycles. The van der Waals surface area contributed by atoms with Crippen LogP contribution in [0.4, 0.5) is 0 Å². The van der Waals surface area contributed by atoms with Crippen LogP contribution in [-0.4, -0.2) is 53.4 Å². The van der Waals surface area contributed by atoms with Crippen LogP contribution in [0.5, 0.6) is 23.0 Å². The van der Waals surface area contributed by atoms with Gasteiger partial charge in [-0.05, 0) is 42.0 Å². The lowest BCUT2D eigenvalue weighted by molar-refractivity contribution is -0.0105. The van der Waals surface area contributed by atoms with Gasteiger partial charge in [-0.2, -0.15) is 5.26 Å². The molecule has 0 atom stereocenters. The second kappa shape index (κ2) is 11.1. The highest BCUT2D eigenvalue weighted by Gasteiger charge is 2.16. The minimum absolute atomic E-state index is 0.0197. The highest BCUT2D eigenvalue weighted by atomic mass is 16.7. The van der Waals surface area contributed by atoms with Gasteiger partial charge >= 0.3 is 0 Å². The fraction of sp³-hybridized carbons (Fsp3) is 0.292. The Hall–Kier alpha value is -3.67. The summed E-state index contributed by atoms with van der Waals surface area (Å²) in [7, 11) is 6.29. The molecular weight excluding hydrogens is 412 g/mol. The summed E-state index contributed by atoms with van der Waals surface area (Å²) in [6, 6.07) is 11.5. The van der Waals surface area contributed by atoms with Crippen LogP contribution in [-0.2, 0) is 9.47 Å². The van der Waals surface area contributed by atoms with Crippen molar-refractivity contribution in [2.24, 2.45) is 0 Å². The lowest BCUT2D eigenvalue weighted by Crippen LogP contribution is -2.09. The summed E-state index contributed by atoms with van der Waals surface area (Å²) in [5, 5.41) is 10.8. The van der Waals surface area contributed by atoms with Crippen molar-refractivity contribution in [1.29, 1.82) is 5.26 Å². The quantitative estimate of drug-likeness (QED) is 0.272. The number of benzene rings is 2. The van der Waals surface area contributed by atoms with E-state index in [2.05, 4.69) is 11.1 Å². The normalized spacial score (nSPS) is 11.3. The summed E-state index contributed by atoms with van der Waals surface area (Å²) in [4.78, 5) is 3.19. The van der Waals surface area contributed by atoms with Gasteiger partial charge in [0.15, 0.2) is 18.3 Å². The monoisotopic (exact) mass is 438 g/mol. The van der Waals surface area contributed by atoms with E-state index in [1.165, 1.54) is 14.2 Å². The molecule has 1 aromatic heterocycles. The van der Waals surface area contributed by atoms with E-state index >= 15 is 0 Å². The molecule has 1 N–H and O–H groups in total. The van der Waals surface area contributed by atoms with E-state index in [1.807, 2.05) is 24.4 Å². The first-order valence-electron chi connectivity index (χ1n) is 9.88. The standard InChI is InChI=1S/C24H26N2O6/c1-27-7-8-31-15-32-24-22(29-3)10-16(11-23(24)30-4)9-17(13-25)20-14-26-21-6-5-18(28-2)12-19(20)21/h5-6,9-12,14,26H,7-8,15H2,1-4H3. The predicted molar refractivity (Wildman–Crippen MR) is 121 cm³/mol. The zero-order valence-electron chi connectivity index (χ0n) is 18.6. The number of nitrogens with one attached hydrogen (secondary N) is 1. The molecule has 0 radical (unpaired) electrons. The topological polar surface area (TPSA) is 95.0 Å². The third-order valence-corrected chi connectivity index (χ3v) is 4.81. The van der Waals surface area contributed by atoms with E-state index in [4.69, 9.17) is 28.4 Å². The van der Waals surface area contributed by atoms with Gasteiger partial charge in [-0.25, -0.2) is 0 Å². The molecule has 3 rings (SSSR count). The van der Waals surface area contributed by atoms with Gasteiger partial charge in [0.2, 0.25) is 5.75 Å². The Kier molecular flexibility index (Phi) is 7.97. The molecule has 2 aromatic carbocycles. The van der Waals surface area contributed by atoms with Gasteiger partial charge in [0.05, 0.1) is 46.2 Å². The van der Waals surface area contributed by atoms with Gasteiger partial charge in [0.1, 0.15) is 5.75 Å². The molecule has 0 bridgehead atoms. The van der Waals surface area contributed by atoms with E-state index in [9.17, 15) is 5.26 Å². The third-order valence-electron chi connectivity index (χ3n) is 4.81. The summed E-state index contributed by atoms with van der Waals surface area (Å²) < 4.78 is 32.3. The summed E-state index contributed by atoms with van der Waals surface area (Å²) in [6.07, 6.45) is 3.58. The largest absolute Gasteiger partial charge is 0.497 e. The highest BCUT2D eigenvalue weighted by molar-refractivity contribution is 6.01. The van der Waals surface area contributed by atoms with Gasteiger partial charge < -0.3 is 33.4 Å². The van der Waals surface area contributed by atoms with Crippen LogP contribution in [0.3, 0.4) is 0 Å². The van der Waals surface area contributed by atoms with Crippen molar-refractivity contribution in [3.8, 4) is 29.1 Å². The molecule has 0 aliphatic rings. The molecule has 0 saturated heterocycles. The Balaban J connectivity index is 1.95. The number of rotatable bonds is 11. The Morgan fingerprint density at radius 2 is 1.75 bits per heavy atom. The number of hydrogen-bond donors (Lipinski definition) is 1. The van der Waals surface area contributed by atoms with Gasteiger partial charge in [-0.1, -0.05) is 0 Å². The van der Waals surface area contributed by atoms with Crippen molar-refractivity contribution in [3.05, 3.63) is 47.7 Å². The van der Waals surface area contributed by atoms with Crippen LogP contribution in [0.15, 0.2) is 36.5 Å². The maximum atomic E-state index is 9.86. The summed E-state index contributed by atoms with van der Waals surface area (Å²) >= 11 is 0. The van der Waals surface area contributed by atoms with Crippen molar-refractivity contribution in [2.75, 3.05) is 48.4 Å². The van der Waals surface area contributed by atoms with E-state index < -0.39 is 0 Å². The number of fused-ring (bicyclic) bond motifs is 1. The van der Waals surface area contributed by atoms with Crippen LogP contribution in [0.2, 0.25) is 0 Å². The molecule has 0 spiro atoms. The molecule has 0 unspecified atom stereocenters. The molecule has 3 aromatic rings. The fourth-order valence-electron chi connectivity index (χ4n) is 3.21. The van der Waals surface area contributed by atoms with E-state index in [-0.39, 0.29) is 6.79 Å². The molecule has 0 saturated carbocycles. The van der Waals surface area contributed by atoms with Crippen molar-refractivity contribution < 1.29 is 28.4 Å². The number of ether oxygens (including phenoxy) is 6. The van der Waals surface area contributed by atoms with Crippen LogP contribution in [0, 0.1) is 11.3 Å². The van der Waals surface area contributed by atoms with Crippen molar-refractivity contribution in [2.45, 2.75) is 0 Å². The molecular formula is C24H26N2O6. The second-order valence-corrected chi connectivity index (χ2v) is 6.70. The number of allylic oxidation sites excluding steroid dienone is 1. The van der Waals surface area contributed by atoms with Crippen LogP contribution in [0.25, 0.3) is 22.6 Å². The molecule has 168 valence electrons. The number of nitrogens with zero attached hydrogens (tertiary/aromatic N) is 1. The maximum Gasteiger partial charge on any atom is 0.206 e. The molecule has 1 heterocycles. The second-order valence-electron chi connectivity index (χ2n) is 6.70.